The second kappa shape index (κ2) is 4.55. The summed E-state index contributed by atoms with van der Waals surface area (Å²) in [5.74, 6) is 0.842. The number of hydrogen-bond acceptors (Lipinski definition) is 1. The Morgan fingerprint density at radius 1 is 1.00 bits per heavy atom. The fraction of sp³-hybridized carbons (Fsp3) is 0.133. The number of halogens is 2. The van der Waals surface area contributed by atoms with Crippen molar-refractivity contribution in [3.63, 3.8) is 0 Å². The van der Waals surface area contributed by atoms with Crippen molar-refractivity contribution in [2.75, 3.05) is 0 Å². The Kier molecular flexibility index (Phi) is 3.00. The number of rotatable bonds is 1. The van der Waals surface area contributed by atoms with E-state index in [0.29, 0.717) is 10.0 Å². The summed E-state index contributed by atoms with van der Waals surface area (Å²) >= 11 is 12.0. The zero-order chi connectivity index (χ0) is 13.6. The first-order valence-electron chi connectivity index (χ1n) is 5.97. The molecule has 0 fully saturated rings. The molecule has 0 aliphatic rings. The average molecular weight is 291 g/mol. The van der Waals surface area contributed by atoms with E-state index >= 15 is 0 Å². The second-order valence-corrected chi connectivity index (χ2v) is 5.50. The lowest BCUT2D eigenvalue weighted by atomic mass is 10.1. The highest BCUT2D eigenvalue weighted by Crippen LogP contribution is 2.29. The molecule has 19 heavy (non-hydrogen) atoms. The quantitative estimate of drug-likeness (QED) is 0.659. The Bertz CT molecular complexity index is 736. The lowest BCUT2D eigenvalue weighted by Gasteiger charge is -2.03. The van der Waals surface area contributed by atoms with Gasteiger partial charge in [0.05, 0.1) is 21.1 Å². The van der Waals surface area contributed by atoms with Gasteiger partial charge in [-0.2, -0.15) is 0 Å². The van der Waals surface area contributed by atoms with Gasteiger partial charge < -0.3 is 4.98 Å². The van der Waals surface area contributed by atoms with Crippen LogP contribution >= 0.6 is 23.2 Å². The van der Waals surface area contributed by atoms with Crippen LogP contribution < -0.4 is 0 Å². The maximum absolute atomic E-state index is 6.02. The summed E-state index contributed by atoms with van der Waals surface area (Å²) in [6.07, 6.45) is 0. The molecule has 1 N–H and O–H groups in total. The SMILES string of the molecule is Cc1ccc(C)c(-c2nc3cc(Cl)c(Cl)cc3[nH]2)c1. The summed E-state index contributed by atoms with van der Waals surface area (Å²) < 4.78 is 0. The number of nitrogens with zero attached hydrogens (tertiary/aromatic N) is 1. The van der Waals surface area contributed by atoms with E-state index in [0.717, 1.165) is 22.4 Å². The fourth-order valence-electron chi connectivity index (χ4n) is 2.12. The zero-order valence-electron chi connectivity index (χ0n) is 10.6. The van der Waals surface area contributed by atoms with Gasteiger partial charge in [-0.25, -0.2) is 4.98 Å². The molecule has 0 radical (unpaired) electrons. The van der Waals surface area contributed by atoms with Crippen molar-refractivity contribution in [2.45, 2.75) is 13.8 Å². The number of fused-ring (bicyclic) bond motifs is 1. The third kappa shape index (κ3) is 2.22. The minimum absolute atomic E-state index is 0.521. The normalized spacial score (nSPS) is 11.2. The van der Waals surface area contributed by atoms with Crippen molar-refractivity contribution in [3.8, 4) is 11.4 Å². The highest BCUT2D eigenvalue weighted by atomic mass is 35.5. The molecule has 0 saturated carbocycles. The smallest absolute Gasteiger partial charge is 0.138 e. The van der Waals surface area contributed by atoms with Crippen LogP contribution in [0.2, 0.25) is 10.0 Å². The van der Waals surface area contributed by atoms with Gasteiger partial charge in [-0.05, 0) is 37.6 Å². The highest BCUT2D eigenvalue weighted by molar-refractivity contribution is 6.42. The third-order valence-corrected chi connectivity index (χ3v) is 3.89. The summed E-state index contributed by atoms with van der Waals surface area (Å²) in [5, 5.41) is 1.05. The molecule has 3 rings (SSSR count). The lowest BCUT2D eigenvalue weighted by molar-refractivity contribution is 1.29. The molecule has 0 unspecified atom stereocenters. The minimum Gasteiger partial charge on any atom is -0.338 e. The molecular weight excluding hydrogens is 279 g/mol. The molecular formula is C15H12Cl2N2. The van der Waals surface area contributed by atoms with E-state index in [1.807, 2.05) is 0 Å². The van der Waals surface area contributed by atoms with Crippen molar-refractivity contribution in [3.05, 3.63) is 51.5 Å². The number of benzene rings is 2. The van der Waals surface area contributed by atoms with E-state index in [2.05, 4.69) is 42.0 Å². The van der Waals surface area contributed by atoms with Crippen LogP contribution in [0.5, 0.6) is 0 Å². The predicted molar refractivity (Wildman–Crippen MR) is 81.0 cm³/mol. The molecule has 0 aliphatic heterocycles. The Labute approximate surface area is 121 Å². The first-order valence-corrected chi connectivity index (χ1v) is 6.72. The molecule has 1 aromatic heterocycles. The van der Waals surface area contributed by atoms with Crippen molar-refractivity contribution >= 4 is 34.2 Å². The van der Waals surface area contributed by atoms with Crippen LogP contribution in [0.15, 0.2) is 30.3 Å². The summed E-state index contributed by atoms with van der Waals surface area (Å²) in [4.78, 5) is 7.88. The number of H-pyrrole nitrogens is 1. The summed E-state index contributed by atoms with van der Waals surface area (Å²) in [6, 6.07) is 9.90. The van der Waals surface area contributed by atoms with E-state index in [-0.39, 0.29) is 0 Å². The third-order valence-electron chi connectivity index (χ3n) is 3.17. The maximum atomic E-state index is 6.02. The molecule has 96 valence electrons. The summed E-state index contributed by atoms with van der Waals surface area (Å²) in [5.41, 5.74) is 5.21. The Hall–Kier alpha value is -1.51. The van der Waals surface area contributed by atoms with Crippen molar-refractivity contribution in [1.82, 2.24) is 9.97 Å². The van der Waals surface area contributed by atoms with Crippen LogP contribution in [-0.2, 0) is 0 Å². The molecule has 0 aliphatic carbocycles. The molecule has 4 heteroatoms. The van der Waals surface area contributed by atoms with Gasteiger partial charge >= 0.3 is 0 Å². The molecule has 0 amide bonds. The molecule has 1 heterocycles. The molecule has 3 aromatic rings. The standard InChI is InChI=1S/C15H12Cl2N2/c1-8-3-4-9(2)10(5-8)15-18-13-6-11(16)12(17)7-14(13)19-15/h3-7H,1-2H3,(H,18,19). The monoisotopic (exact) mass is 290 g/mol. The summed E-state index contributed by atoms with van der Waals surface area (Å²) in [6.45, 7) is 4.14. The maximum Gasteiger partial charge on any atom is 0.138 e. The number of imidazole rings is 1. The van der Waals surface area contributed by atoms with Crippen LogP contribution in [0.1, 0.15) is 11.1 Å². The molecule has 0 atom stereocenters. The molecule has 0 spiro atoms. The van der Waals surface area contributed by atoms with Gasteiger partial charge in [0.1, 0.15) is 5.82 Å². The van der Waals surface area contributed by atoms with E-state index in [1.165, 1.54) is 11.1 Å². The Morgan fingerprint density at radius 3 is 2.53 bits per heavy atom. The lowest BCUT2D eigenvalue weighted by Crippen LogP contribution is -1.86. The predicted octanol–water partition coefficient (Wildman–Crippen LogP) is 5.15. The van der Waals surface area contributed by atoms with Gasteiger partial charge in [0, 0.05) is 5.56 Å². The van der Waals surface area contributed by atoms with E-state index < -0.39 is 0 Å². The number of aromatic amines is 1. The van der Waals surface area contributed by atoms with Gasteiger partial charge in [-0.1, -0.05) is 40.9 Å². The van der Waals surface area contributed by atoms with E-state index in [1.54, 1.807) is 12.1 Å². The second-order valence-electron chi connectivity index (χ2n) is 4.69. The molecule has 2 aromatic carbocycles. The van der Waals surface area contributed by atoms with Crippen LogP contribution in [0.3, 0.4) is 0 Å². The van der Waals surface area contributed by atoms with E-state index in [9.17, 15) is 0 Å². The van der Waals surface area contributed by atoms with Gasteiger partial charge in [0.15, 0.2) is 0 Å². The number of aromatic nitrogens is 2. The van der Waals surface area contributed by atoms with Gasteiger partial charge in [0.25, 0.3) is 0 Å². The van der Waals surface area contributed by atoms with Crippen LogP contribution in [0.4, 0.5) is 0 Å². The number of aryl methyl sites for hydroxylation is 2. The zero-order valence-corrected chi connectivity index (χ0v) is 12.1. The van der Waals surface area contributed by atoms with Crippen molar-refractivity contribution in [1.29, 1.82) is 0 Å². The molecule has 0 bridgehead atoms. The van der Waals surface area contributed by atoms with Gasteiger partial charge in [-0.15, -0.1) is 0 Å². The van der Waals surface area contributed by atoms with Crippen LogP contribution in [0, 0.1) is 13.8 Å². The van der Waals surface area contributed by atoms with E-state index in [4.69, 9.17) is 23.2 Å². The van der Waals surface area contributed by atoms with Crippen molar-refractivity contribution in [2.24, 2.45) is 0 Å². The van der Waals surface area contributed by atoms with Gasteiger partial charge in [0.2, 0.25) is 0 Å². The fourth-order valence-corrected chi connectivity index (χ4v) is 2.45. The first-order chi connectivity index (χ1) is 9.04. The number of hydrogen-bond donors (Lipinski definition) is 1. The Morgan fingerprint density at radius 2 is 1.74 bits per heavy atom. The largest absolute Gasteiger partial charge is 0.338 e. The highest BCUT2D eigenvalue weighted by Gasteiger charge is 2.10. The number of nitrogens with one attached hydrogen (secondary N) is 1. The Balaban J connectivity index is 2.23. The minimum atomic E-state index is 0.521. The topological polar surface area (TPSA) is 28.7 Å². The summed E-state index contributed by atoms with van der Waals surface area (Å²) in [7, 11) is 0. The first kappa shape index (κ1) is 12.5. The van der Waals surface area contributed by atoms with Gasteiger partial charge in [-0.3, -0.25) is 0 Å². The van der Waals surface area contributed by atoms with Crippen LogP contribution in [-0.4, -0.2) is 9.97 Å². The molecule has 2 nitrogen and oxygen atoms in total. The van der Waals surface area contributed by atoms with Crippen LogP contribution in [0.25, 0.3) is 22.4 Å². The van der Waals surface area contributed by atoms with Crippen molar-refractivity contribution < 1.29 is 0 Å². The average Bonchev–Trinajstić information content (AvgIpc) is 2.75. The molecule has 0 saturated heterocycles.